The third-order valence-corrected chi connectivity index (χ3v) is 5.58. The summed E-state index contributed by atoms with van der Waals surface area (Å²) in [6.45, 7) is 6.45. The topological polar surface area (TPSA) is 40.5 Å². The summed E-state index contributed by atoms with van der Waals surface area (Å²) in [5.74, 6) is 0.779. The number of allylic oxidation sites excluding steroid dienone is 4. The molecule has 21 heavy (non-hydrogen) atoms. The number of hydrogen-bond acceptors (Lipinski definition) is 3. The smallest absolute Gasteiger partial charge is 0.115 e. The number of thioether (sulfide) groups is 1. The number of hydrogen-bond donors (Lipinski definition) is 2. The monoisotopic (exact) mass is 304 g/mol. The van der Waals surface area contributed by atoms with Crippen LogP contribution in [-0.2, 0) is 0 Å². The summed E-state index contributed by atoms with van der Waals surface area (Å²) < 4.78 is 0. The van der Waals surface area contributed by atoms with E-state index in [0.717, 1.165) is 29.7 Å². The Hall–Kier alpha value is -1.35. The van der Waals surface area contributed by atoms with Gasteiger partial charge < -0.3 is 10.2 Å². The lowest BCUT2D eigenvalue weighted by Crippen LogP contribution is -2.21. The van der Waals surface area contributed by atoms with Crippen LogP contribution in [0.15, 0.2) is 45.9 Å². The maximum absolute atomic E-state index is 9.89. The van der Waals surface area contributed by atoms with Crippen LogP contribution < -0.4 is 0 Å². The fourth-order valence-corrected chi connectivity index (χ4v) is 3.87. The van der Waals surface area contributed by atoms with Crippen LogP contribution >= 0.6 is 11.8 Å². The fourth-order valence-electron chi connectivity index (χ4n) is 2.72. The zero-order chi connectivity index (χ0) is 15.5. The number of aromatic hydroxyl groups is 1. The van der Waals surface area contributed by atoms with Crippen molar-refractivity contribution in [1.29, 1.82) is 0 Å². The van der Waals surface area contributed by atoms with E-state index in [1.807, 2.05) is 25.1 Å². The Labute approximate surface area is 131 Å². The van der Waals surface area contributed by atoms with Gasteiger partial charge in [-0.3, -0.25) is 0 Å². The first-order valence-corrected chi connectivity index (χ1v) is 8.34. The van der Waals surface area contributed by atoms with Crippen molar-refractivity contribution in [3.05, 3.63) is 46.6 Å². The molecule has 0 heterocycles. The molecule has 114 valence electrons. The highest BCUT2D eigenvalue weighted by Crippen LogP contribution is 2.49. The molecule has 1 aromatic carbocycles. The van der Waals surface area contributed by atoms with Crippen molar-refractivity contribution in [2.24, 2.45) is 5.41 Å². The third kappa shape index (κ3) is 3.85. The molecule has 2 nitrogen and oxygen atoms in total. The minimum atomic E-state index is 0.00381. The second-order valence-electron chi connectivity index (χ2n) is 6.08. The molecule has 1 aliphatic rings. The zero-order valence-corrected chi connectivity index (χ0v) is 13.8. The highest BCUT2D eigenvalue weighted by Gasteiger charge is 2.32. The number of rotatable bonds is 5. The minimum Gasteiger partial charge on any atom is -0.512 e. The van der Waals surface area contributed by atoms with Gasteiger partial charge in [0.2, 0.25) is 0 Å². The average molecular weight is 304 g/mol. The van der Waals surface area contributed by atoms with Crippen LogP contribution in [0.2, 0.25) is 0 Å². The van der Waals surface area contributed by atoms with Crippen molar-refractivity contribution in [2.45, 2.75) is 51.3 Å². The molecule has 2 rings (SSSR count). The van der Waals surface area contributed by atoms with E-state index >= 15 is 0 Å². The molecule has 0 spiro atoms. The molecule has 2 N–H and O–H groups in total. The number of aryl methyl sites for hydroxylation is 1. The van der Waals surface area contributed by atoms with Crippen molar-refractivity contribution in [1.82, 2.24) is 0 Å². The number of aliphatic hydroxyl groups is 1. The van der Waals surface area contributed by atoms with Crippen LogP contribution in [0, 0.1) is 12.3 Å². The molecule has 0 fully saturated rings. The van der Waals surface area contributed by atoms with Crippen molar-refractivity contribution in [3.8, 4) is 5.75 Å². The maximum Gasteiger partial charge on any atom is 0.115 e. The highest BCUT2D eigenvalue weighted by molar-refractivity contribution is 8.03. The van der Waals surface area contributed by atoms with Gasteiger partial charge in [0.05, 0.1) is 5.76 Å². The molecule has 3 heteroatoms. The Morgan fingerprint density at radius 3 is 2.67 bits per heavy atom. The Morgan fingerprint density at radius 2 is 2.00 bits per heavy atom. The summed E-state index contributed by atoms with van der Waals surface area (Å²) in [6.07, 6.45) is 7.98. The first-order chi connectivity index (χ1) is 9.94. The average Bonchev–Trinajstić information content (AvgIpc) is 2.42. The lowest BCUT2D eigenvalue weighted by atomic mass is 9.78. The lowest BCUT2D eigenvalue weighted by Gasteiger charge is -2.34. The molecule has 0 bridgehead atoms. The van der Waals surface area contributed by atoms with E-state index in [2.05, 4.69) is 13.8 Å². The van der Waals surface area contributed by atoms with Gasteiger partial charge in [-0.2, -0.15) is 0 Å². The molecule has 0 radical (unpaired) electrons. The quantitative estimate of drug-likeness (QED) is 0.731. The Bertz CT molecular complexity index is 575. The largest absolute Gasteiger partial charge is 0.512 e. The first-order valence-electron chi connectivity index (χ1n) is 7.52. The molecule has 1 aliphatic carbocycles. The SMILES string of the molecule is CCCCC1(C)CC(O)=CC=C1Sc1ccc(O)cc1C. The van der Waals surface area contributed by atoms with E-state index in [4.69, 9.17) is 0 Å². The summed E-state index contributed by atoms with van der Waals surface area (Å²) >= 11 is 1.75. The molecule has 0 aliphatic heterocycles. The summed E-state index contributed by atoms with van der Waals surface area (Å²) in [5, 5.41) is 19.4. The molecule has 0 saturated heterocycles. The van der Waals surface area contributed by atoms with E-state index < -0.39 is 0 Å². The summed E-state index contributed by atoms with van der Waals surface area (Å²) in [4.78, 5) is 2.46. The Morgan fingerprint density at radius 1 is 1.24 bits per heavy atom. The highest BCUT2D eigenvalue weighted by atomic mass is 32.2. The molecule has 0 saturated carbocycles. The van der Waals surface area contributed by atoms with Crippen LogP contribution in [0.3, 0.4) is 0 Å². The van der Waals surface area contributed by atoms with Gasteiger partial charge in [-0.05, 0) is 54.2 Å². The van der Waals surface area contributed by atoms with Crippen molar-refractivity contribution >= 4 is 11.8 Å². The summed E-state index contributed by atoms with van der Waals surface area (Å²) in [7, 11) is 0. The summed E-state index contributed by atoms with van der Waals surface area (Å²) in [5.41, 5.74) is 1.08. The van der Waals surface area contributed by atoms with E-state index in [0.29, 0.717) is 17.9 Å². The second kappa shape index (κ2) is 6.61. The molecule has 0 aromatic heterocycles. The van der Waals surface area contributed by atoms with E-state index in [-0.39, 0.29) is 5.41 Å². The molecular formula is C18H24O2S. The van der Waals surface area contributed by atoms with Gasteiger partial charge in [0, 0.05) is 16.7 Å². The third-order valence-electron chi connectivity index (χ3n) is 4.05. The second-order valence-corrected chi connectivity index (χ2v) is 7.17. The number of phenols is 1. The van der Waals surface area contributed by atoms with Gasteiger partial charge in [-0.15, -0.1) is 0 Å². The van der Waals surface area contributed by atoms with Crippen LogP contribution in [0.4, 0.5) is 0 Å². The Balaban J connectivity index is 2.26. The molecule has 0 amide bonds. The van der Waals surface area contributed by atoms with Crippen molar-refractivity contribution in [2.75, 3.05) is 0 Å². The van der Waals surface area contributed by atoms with Crippen LogP contribution in [-0.4, -0.2) is 10.2 Å². The lowest BCUT2D eigenvalue weighted by molar-refractivity contribution is 0.284. The minimum absolute atomic E-state index is 0.00381. The molecule has 1 aromatic rings. The first kappa shape index (κ1) is 16.0. The Kier molecular flexibility index (Phi) is 5.04. The van der Waals surface area contributed by atoms with Gasteiger partial charge in [0.15, 0.2) is 0 Å². The predicted molar refractivity (Wildman–Crippen MR) is 89.7 cm³/mol. The van der Waals surface area contributed by atoms with Gasteiger partial charge in [-0.1, -0.05) is 38.5 Å². The van der Waals surface area contributed by atoms with Gasteiger partial charge in [-0.25, -0.2) is 0 Å². The van der Waals surface area contributed by atoms with Crippen LogP contribution in [0.1, 0.15) is 45.1 Å². The van der Waals surface area contributed by atoms with Crippen molar-refractivity contribution in [3.63, 3.8) is 0 Å². The van der Waals surface area contributed by atoms with Crippen LogP contribution in [0.25, 0.3) is 0 Å². The van der Waals surface area contributed by atoms with Gasteiger partial charge >= 0.3 is 0 Å². The van der Waals surface area contributed by atoms with Gasteiger partial charge in [0.25, 0.3) is 0 Å². The maximum atomic E-state index is 9.89. The predicted octanol–water partition coefficient (Wildman–Crippen LogP) is 5.72. The molecule has 1 unspecified atom stereocenters. The molecular weight excluding hydrogens is 280 g/mol. The number of aliphatic hydroxyl groups excluding tert-OH is 1. The molecule has 1 atom stereocenters. The standard InChI is InChI=1S/C18H24O2S/c1-4-5-10-18(3)12-15(20)7-9-17(18)21-16-8-6-14(19)11-13(16)2/h6-9,11,19-20H,4-5,10,12H2,1-3H3. The van der Waals surface area contributed by atoms with E-state index in [9.17, 15) is 10.2 Å². The zero-order valence-electron chi connectivity index (χ0n) is 13.0. The van der Waals surface area contributed by atoms with Crippen molar-refractivity contribution < 1.29 is 10.2 Å². The van der Waals surface area contributed by atoms with E-state index in [1.54, 1.807) is 23.9 Å². The van der Waals surface area contributed by atoms with Crippen LogP contribution in [0.5, 0.6) is 5.75 Å². The number of phenolic OH excluding ortho intramolecular Hbond substituents is 1. The number of unbranched alkanes of at least 4 members (excludes halogenated alkanes) is 1. The normalized spacial score (nSPS) is 21.9. The summed E-state index contributed by atoms with van der Waals surface area (Å²) in [6, 6.07) is 5.49. The van der Waals surface area contributed by atoms with E-state index in [1.165, 1.54) is 4.91 Å². The van der Waals surface area contributed by atoms with Gasteiger partial charge in [0.1, 0.15) is 5.75 Å². The fraction of sp³-hybridized carbons (Fsp3) is 0.444. The number of benzene rings is 1.